The van der Waals surface area contributed by atoms with Crippen LogP contribution in [0.3, 0.4) is 0 Å². The molecule has 1 heterocycles. The Kier molecular flexibility index (Phi) is 2.81. The average Bonchev–Trinajstić information content (AvgIpc) is 2.82. The van der Waals surface area contributed by atoms with E-state index in [1.165, 1.54) is 12.1 Å². The number of fused-ring (bicyclic) bond motifs is 1. The van der Waals surface area contributed by atoms with Crippen LogP contribution in [0.2, 0.25) is 0 Å². The van der Waals surface area contributed by atoms with Gasteiger partial charge < -0.3 is 5.11 Å². The van der Waals surface area contributed by atoms with Crippen molar-refractivity contribution in [3.8, 4) is 5.69 Å². The van der Waals surface area contributed by atoms with Gasteiger partial charge in [-0.15, -0.1) is 0 Å². The van der Waals surface area contributed by atoms with Crippen LogP contribution in [-0.4, -0.2) is 20.9 Å². The van der Waals surface area contributed by atoms with Crippen molar-refractivity contribution in [2.24, 2.45) is 0 Å². The van der Waals surface area contributed by atoms with E-state index in [0.29, 0.717) is 17.8 Å². The molecular formula is C14H13FN2O2. The molecule has 98 valence electrons. The summed E-state index contributed by atoms with van der Waals surface area (Å²) >= 11 is 0. The molecule has 3 rings (SSSR count). The molecule has 0 radical (unpaired) electrons. The highest BCUT2D eigenvalue weighted by Gasteiger charge is 2.30. The summed E-state index contributed by atoms with van der Waals surface area (Å²) in [6, 6.07) is 6.04. The quantitative estimate of drug-likeness (QED) is 0.902. The van der Waals surface area contributed by atoms with Gasteiger partial charge in [0.05, 0.1) is 23.5 Å². The van der Waals surface area contributed by atoms with E-state index in [9.17, 15) is 14.3 Å². The monoisotopic (exact) mass is 260 g/mol. The third-order valence-corrected chi connectivity index (χ3v) is 3.51. The van der Waals surface area contributed by atoms with Gasteiger partial charge >= 0.3 is 5.97 Å². The Morgan fingerprint density at radius 1 is 1.47 bits per heavy atom. The lowest BCUT2D eigenvalue weighted by Gasteiger charge is -2.20. The van der Waals surface area contributed by atoms with Gasteiger partial charge in [-0.05, 0) is 43.0 Å². The summed E-state index contributed by atoms with van der Waals surface area (Å²) in [5.41, 5.74) is 2.20. The van der Waals surface area contributed by atoms with E-state index in [1.54, 1.807) is 23.0 Å². The first kappa shape index (κ1) is 11.9. The van der Waals surface area contributed by atoms with Gasteiger partial charge in [-0.2, -0.15) is 5.10 Å². The number of nitrogens with zero attached hydrogens (tertiary/aromatic N) is 2. The number of halogens is 1. The fraction of sp³-hybridized carbons (Fsp3) is 0.286. The van der Waals surface area contributed by atoms with E-state index in [2.05, 4.69) is 5.10 Å². The van der Waals surface area contributed by atoms with E-state index in [-0.39, 0.29) is 5.82 Å². The highest BCUT2D eigenvalue weighted by atomic mass is 19.1. The maximum absolute atomic E-state index is 13.3. The molecule has 5 heteroatoms. The molecule has 1 aliphatic rings. The molecule has 0 saturated carbocycles. The highest BCUT2D eigenvalue weighted by Crippen LogP contribution is 2.33. The second-order valence-electron chi connectivity index (χ2n) is 4.73. The maximum Gasteiger partial charge on any atom is 0.312 e. The summed E-state index contributed by atoms with van der Waals surface area (Å²) in [7, 11) is 0. The Labute approximate surface area is 109 Å². The Morgan fingerprint density at radius 2 is 2.32 bits per heavy atom. The number of carboxylic acids is 1. The standard InChI is InChI=1S/C14H13FN2O2/c15-10-4-2-5-11(7-10)17-13-9(8-16-17)3-1-6-12(13)14(18)19/h2,4-5,7-8,12H,1,3,6H2,(H,18,19). The Balaban J connectivity index is 2.14. The molecule has 0 bridgehead atoms. The highest BCUT2D eigenvalue weighted by molar-refractivity contribution is 5.76. The first-order valence-corrected chi connectivity index (χ1v) is 6.22. The Bertz CT molecular complexity index is 636. The van der Waals surface area contributed by atoms with Crippen molar-refractivity contribution >= 4 is 5.97 Å². The second-order valence-corrected chi connectivity index (χ2v) is 4.73. The van der Waals surface area contributed by atoms with Crippen molar-refractivity contribution in [1.82, 2.24) is 9.78 Å². The van der Waals surface area contributed by atoms with Gasteiger partial charge in [0.1, 0.15) is 5.82 Å². The van der Waals surface area contributed by atoms with Crippen LogP contribution in [-0.2, 0) is 11.2 Å². The van der Waals surface area contributed by atoms with Gasteiger partial charge in [-0.25, -0.2) is 9.07 Å². The number of rotatable bonds is 2. The number of carboxylic acid groups (broad SMARTS) is 1. The van der Waals surface area contributed by atoms with Gasteiger partial charge in [0.2, 0.25) is 0 Å². The molecule has 0 saturated heterocycles. The van der Waals surface area contributed by atoms with E-state index < -0.39 is 11.9 Å². The predicted octanol–water partition coefficient (Wildman–Crippen LogP) is 2.52. The number of carbonyl (C=O) groups is 1. The van der Waals surface area contributed by atoms with Crippen molar-refractivity contribution in [3.63, 3.8) is 0 Å². The van der Waals surface area contributed by atoms with Crippen LogP contribution in [0.15, 0.2) is 30.5 Å². The van der Waals surface area contributed by atoms with Crippen LogP contribution in [0.25, 0.3) is 5.69 Å². The molecule has 0 spiro atoms. The minimum atomic E-state index is -0.848. The SMILES string of the molecule is O=C(O)C1CCCc2cnn(-c3cccc(F)c3)c21. The molecule has 1 aromatic heterocycles. The van der Waals surface area contributed by atoms with Gasteiger partial charge in [0.25, 0.3) is 0 Å². The van der Waals surface area contributed by atoms with Crippen LogP contribution in [0, 0.1) is 5.82 Å². The number of aryl methyl sites for hydroxylation is 1. The summed E-state index contributed by atoms with van der Waals surface area (Å²) in [6.07, 6.45) is 3.96. The number of hydrogen-bond donors (Lipinski definition) is 1. The molecule has 2 aromatic rings. The maximum atomic E-state index is 13.3. The Hall–Kier alpha value is -2.17. The van der Waals surface area contributed by atoms with Crippen LogP contribution in [0.5, 0.6) is 0 Å². The molecule has 0 aliphatic heterocycles. The van der Waals surface area contributed by atoms with Crippen LogP contribution >= 0.6 is 0 Å². The predicted molar refractivity (Wildman–Crippen MR) is 66.8 cm³/mol. The topological polar surface area (TPSA) is 55.1 Å². The van der Waals surface area contributed by atoms with Crippen molar-refractivity contribution in [2.75, 3.05) is 0 Å². The normalized spacial score (nSPS) is 18.1. The molecule has 1 atom stereocenters. The van der Waals surface area contributed by atoms with Crippen molar-refractivity contribution in [3.05, 3.63) is 47.5 Å². The van der Waals surface area contributed by atoms with Gasteiger partial charge in [0.15, 0.2) is 0 Å². The van der Waals surface area contributed by atoms with Crippen LogP contribution in [0.4, 0.5) is 4.39 Å². The first-order valence-electron chi connectivity index (χ1n) is 6.22. The smallest absolute Gasteiger partial charge is 0.312 e. The van der Waals surface area contributed by atoms with Crippen LogP contribution in [0.1, 0.15) is 30.0 Å². The molecule has 19 heavy (non-hydrogen) atoms. The zero-order valence-electron chi connectivity index (χ0n) is 10.2. The van der Waals surface area contributed by atoms with Crippen molar-refractivity contribution in [1.29, 1.82) is 0 Å². The molecule has 0 amide bonds. The van der Waals surface area contributed by atoms with E-state index in [4.69, 9.17) is 0 Å². The number of aliphatic carboxylic acids is 1. The minimum absolute atomic E-state index is 0.357. The summed E-state index contributed by atoms with van der Waals surface area (Å²) in [6.45, 7) is 0. The fourth-order valence-electron chi connectivity index (χ4n) is 2.64. The fourth-order valence-corrected chi connectivity index (χ4v) is 2.64. The van der Waals surface area contributed by atoms with Crippen molar-refractivity contribution < 1.29 is 14.3 Å². The largest absolute Gasteiger partial charge is 0.481 e. The summed E-state index contributed by atoms with van der Waals surface area (Å²) in [5, 5.41) is 13.5. The third-order valence-electron chi connectivity index (χ3n) is 3.51. The minimum Gasteiger partial charge on any atom is -0.481 e. The molecule has 0 fully saturated rings. The summed E-state index contributed by atoms with van der Waals surface area (Å²) < 4.78 is 14.8. The molecule has 1 aromatic carbocycles. The lowest BCUT2D eigenvalue weighted by Crippen LogP contribution is -2.20. The van der Waals surface area contributed by atoms with E-state index in [1.807, 2.05) is 0 Å². The number of hydrogen-bond acceptors (Lipinski definition) is 2. The number of benzene rings is 1. The summed E-state index contributed by atoms with van der Waals surface area (Å²) in [5.74, 6) is -1.77. The molecule has 1 N–H and O–H groups in total. The van der Waals surface area contributed by atoms with Gasteiger partial charge in [-0.3, -0.25) is 4.79 Å². The van der Waals surface area contributed by atoms with Gasteiger partial charge in [-0.1, -0.05) is 6.07 Å². The molecule has 1 aliphatic carbocycles. The number of aromatic nitrogens is 2. The first-order chi connectivity index (χ1) is 9.16. The third kappa shape index (κ3) is 2.01. The lowest BCUT2D eigenvalue weighted by atomic mass is 9.88. The van der Waals surface area contributed by atoms with Crippen LogP contribution < -0.4 is 0 Å². The van der Waals surface area contributed by atoms with Gasteiger partial charge in [0, 0.05) is 0 Å². The molecule has 4 nitrogen and oxygen atoms in total. The summed E-state index contributed by atoms with van der Waals surface area (Å²) in [4.78, 5) is 11.4. The lowest BCUT2D eigenvalue weighted by molar-refractivity contribution is -0.139. The van der Waals surface area contributed by atoms with Crippen molar-refractivity contribution in [2.45, 2.75) is 25.2 Å². The zero-order chi connectivity index (χ0) is 13.4. The average molecular weight is 260 g/mol. The van der Waals surface area contributed by atoms with E-state index in [0.717, 1.165) is 18.4 Å². The second kappa shape index (κ2) is 4.50. The van der Waals surface area contributed by atoms with E-state index >= 15 is 0 Å². The molecule has 1 unspecified atom stereocenters. The molecular weight excluding hydrogens is 247 g/mol. The Morgan fingerprint density at radius 3 is 3.05 bits per heavy atom. The zero-order valence-corrected chi connectivity index (χ0v) is 10.2.